The maximum absolute atomic E-state index is 6.43. The molecule has 0 saturated heterocycles. The van der Waals surface area contributed by atoms with E-state index >= 15 is 0 Å². The minimum atomic E-state index is -0.316. The van der Waals surface area contributed by atoms with Crippen molar-refractivity contribution in [2.45, 2.75) is 12.3 Å². The Bertz CT molecular complexity index is 1140. The van der Waals surface area contributed by atoms with E-state index in [9.17, 15) is 0 Å². The number of hydrogen-bond acceptors (Lipinski definition) is 6. The van der Waals surface area contributed by atoms with E-state index in [0.717, 1.165) is 33.9 Å². The fourth-order valence-electron chi connectivity index (χ4n) is 4.13. The summed E-state index contributed by atoms with van der Waals surface area (Å²) >= 11 is 0. The molecule has 2 aliphatic rings. The van der Waals surface area contributed by atoms with Gasteiger partial charge in [-0.2, -0.15) is 5.01 Å². The van der Waals surface area contributed by atoms with Crippen LogP contribution in [0.15, 0.2) is 72.8 Å². The maximum Gasteiger partial charge on any atom is 0.196 e. The van der Waals surface area contributed by atoms with Gasteiger partial charge in [0.1, 0.15) is 11.5 Å². The van der Waals surface area contributed by atoms with Gasteiger partial charge in [-0.3, -0.25) is 0 Å². The Labute approximate surface area is 181 Å². The Morgan fingerprint density at radius 1 is 0.839 bits per heavy atom. The molecule has 6 nitrogen and oxygen atoms in total. The predicted octanol–water partition coefficient (Wildman–Crippen LogP) is 4.71. The van der Waals surface area contributed by atoms with Crippen LogP contribution in [0.5, 0.6) is 23.0 Å². The summed E-state index contributed by atoms with van der Waals surface area (Å²) in [7, 11) is 4.95. The number of hydrazine groups is 1. The molecule has 0 aromatic heterocycles. The second kappa shape index (κ2) is 7.89. The monoisotopic (exact) mass is 416 g/mol. The second-order valence-corrected chi connectivity index (χ2v) is 7.40. The van der Waals surface area contributed by atoms with Gasteiger partial charge >= 0.3 is 0 Å². The van der Waals surface area contributed by atoms with Gasteiger partial charge in [-0.1, -0.05) is 30.3 Å². The Morgan fingerprint density at radius 3 is 2.48 bits per heavy atom. The summed E-state index contributed by atoms with van der Waals surface area (Å²) in [6, 6.07) is 22.0. The summed E-state index contributed by atoms with van der Waals surface area (Å²) in [4.78, 5) is 0. The molecule has 0 bridgehead atoms. The molecular weight excluding hydrogens is 392 g/mol. The van der Waals surface area contributed by atoms with Crippen molar-refractivity contribution in [1.29, 1.82) is 0 Å². The molecule has 2 aliphatic heterocycles. The lowest BCUT2D eigenvalue weighted by Crippen LogP contribution is -2.43. The van der Waals surface area contributed by atoms with Crippen molar-refractivity contribution < 1.29 is 18.9 Å². The van der Waals surface area contributed by atoms with Crippen LogP contribution < -0.4 is 24.4 Å². The van der Waals surface area contributed by atoms with E-state index in [4.69, 9.17) is 18.9 Å². The largest absolute Gasteiger partial charge is 0.497 e. The van der Waals surface area contributed by atoms with Crippen LogP contribution in [0, 0.1) is 0 Å². The second-order valence-electron chi connectivity index (χ2n) is 7.40. The summed E-state index contributed by atoms with van der Waals surface area (Å²) in [6.07, 6.45) is 1.90. The van der Waals surface area contributed by atoms with E-state index < -0.39 is 0 Å². The van der Waals surface area contributed by atoms with Gasteiger partial charge in [0.15, 0.2) is 17.7 Å². The number of fused-ring (bicyclic) bond motifs is 3. The molecule has 2 atom stereocenters. The third kappa shape index (κ3) is 3.35. The minimum absolute atomic E-state index is 0.0178. The molecule has 0 saturated carbocycles. The van der Waals surface area contributed by atoms with E-state index in [1.807, 2.05) is 60.7 Å². The van der Waals surface area contributed by atoms with Crippen molar-refractivity contribution in [3.8, 4) is 23.0 Å². The lowest BCUT2D eigenvalue weighted by Gasteiger charge is -2.39. The van der Waals surface area contributed by atoms with E-state index in [1.54, 1.807) is 21.3 Å². The Balaban J connectivity index is 1.56. The van der Waals surface area contributed by atoms with Gasteiger partial charge in [-0.15, -0.1) is 0 Å². The van der Waals surface area contributed by atoms with Crippen molar-refractivity contribution in [3.05, 3.63) is 89.5 Å². The summed E-state index contributed by atoms with van der Waals surface area (Å²) in [5.41, 5.74) is 7.67. The van der Waals surface area contributed by atoms with E-state index in [1.165, 1.54) is 0 Å². The molecule has 0 spiro atoms. The van der Waals surface area contributed by atoms with Gasteiger partial charge in [-0.25, -0.2) is 0 Å². The fourth-order valence-corrected chi connectivity index (χ4v) is 4.13. The van der Waals surface area contributed by atoms with Gasteiger partial charge < -0.3 is 24.4 Å². The third-order valence-electron chi connectivity index (χ3n) is 5.68. The van der Waals surface area contributed by atoms with Crippen LogP contribution >= 0.6 is 0 Å². The first-order valence-corrected chi connectivity index (χ1v) is 10.1. The molecule has 31 heavy (non-hydrogen) atoms. The van der Waals surface area contributed by atoms with Gasteiger partial charge in [0.05, 0.1) is 33.1 Å². The molecule has 0 aliphatic carbocycles. The quantitative estimate of drug-likeness (QED) is 0.650. The average Bonchev–Trinajstić information content (AvgIpc) is 3.29. The third-order valence-corrected chi connectivity index (χ3v) is 5.68. The van der Waals surface area contributed by atoms with Crippen LogP contribution in [0.2, 0.25) is 0 Å². The highest BCUT2D eigenvalue weighted by Gasteiger charge is 2.40. The first-order chi connectivity index (χ1) is 15.2. The number of ether oxygens (including phenoxy) is 4. The van der Waals surface area contributed by atoms with Crippen molar-refractivity contribution in [1.82, 2.24) is 10.4 Å². The van der Waals surface area contributed by atoms with Gasteiger partial charge in [0, 0.05) is 16.7 Å². The molecule has 0 amide bonds. The van der Waals surface area contributed by atoms with Gasteiger partial charge in [0.2, 0.25) is 0 Å². The lowest BCUT2D eigenvalue weighted by molar-refractivity contribution is -0.0327. The lowest BCUT2D eigenvalue weighted by atomic mass is 10.0. The van der Waals surface area contributed by atoms with Crippen LogP contribution in [-0.4, -0.2) is 26.3 Å². The van der Waals surface area contributed by atoms with Crippen LogP contribution in [0.1, 0.15) is 29.0 Å². The zero-order valence-electron chi connectivity index (χ0n) is 17.7. The predicted molar refractivity (Wildman–Crippen MR) is 118 cm³/mol. The molecular formula is C25H24N2O4. The number of nitrogens with zero attached hydrogens (tertiary/aromatic N) is 1. The highest BCUT2D eigenvalue weighted by molar-refractivity contribution is 5.69. The number of methoxy groups -OCH3 is 3. The van der Waals surface area contributed by atoms with Crippen molar-refractivity contribution in [3.63, 3.8) is 0 Å². The highest BCUT2D eigenvalue weighted by Crippen LogP contribution is 2.46. The smallest absolute Gasteiger partial charge is 0.196 e. The normalized spacial score (nSPS) is 19.4. The van der Waals surface area contributed by atoms with Crippen molar-refractivity contribution in [2.75, 3.05) is 21.3 Å². The number of benzene rings is 3. The van der Waals surface area contributed by atoms with Crippen molar-refractivity contribution in [2.24, 2.45) is 0 Å². The number of rotatable bonds is 5. The molecule has 0 radical (unpaired) electrons. The number of para-hydroxylation sites is 1. The van der Waals surface area contributed by atoms with Crippen LogP contribution in [0.3, 0.4) is 0 Å². The van der Waals surface area contributed by atoms with Crippen LogP contribution in [0.4, 0.5) is 0 Å². The molecule has 2 heterocycles. The van der Waals surface area contributed by atoms with Crippen LogP contribution in [0.25, 0.3) is 5.70 Å². The standard InChI is InChI=1S/C25H24N2O4/c1-28-18-8-6-7-17(13-18)25-27-21(19-9-4-5-10-22(19)31-25)15-20(26-27)16-11-12-23(29-2)24(14-16)30-3/h4-15,21,25-26H,1-3H3/t21-,25+/m0/s1. The van der Waals surface area contributed by atoms with Gasteiger partial charge in [-0.05, 0) is 42.5 Å². The molecule has 0 unspecified atom stereocenters. The zero-order valence-corrected chi connectivity index (χ0v) is 17.7. The summed E-state index contributed by atoms with van der Waals surface area (Å²) in [6.45, 7) is 0. The summed E-state index contributed by atoms with van der Waals surface area (Å²) < 4.78 is 22.7. The molecule has 158 valence electrons. The molecule has 5 rings (SSSR count). The fraction of sp³-hybridized carbons (Fsp3) is 0.200. The Hall–Kier alpha value is -3.64. The Kier molecular flexibility index (Phi) is 4.92. The van der Waals surface area contributed by atoms with Crippen LogP contribution in [-0.2, 0) is 0 Å². The summed E-state index contributed by atoms with van der Waals surface area (Å²) in [5, 5.41) is 2.13. The minimum Gasteiger partial charge on any atom is -0.497 e. The first-order valence-electron chi connectivity index (χ1n) is 10.1. The van der Waals surface area contributed by atoms with E-state index in [0.29, 0.717) is 11.5 Å². The zero-order chi connectivity index (χ0) is 21.4. The molecule has 6 heteroatoms. The summed E-state index contributed by atoms with van der Waals surface area (Å²) in [5.74, 6) is 3.06. The van der Waals surface area contributed by atoms with E-state index in [-0.39, 0.29) is 12.3 Å². The SMILES string of the molecule is COc1cccc([C@H]2Oc3ccccc3[C@@H]3C=C(c4ccc(OC)c(OC)c4)NN23)c1. The highest BCUT2D eigenvalue weighted by atomic mass is 16.5. The Morgan fingerprint density at radius 2 is 1.68 bits per heavy atom. The molecule has 3 aromatic carbocycles. The topological polar surface area (TPSA) is 52.2 Å². The van der Waals surface area contributed by atoms with E-state index in [2.05, 4.69) is 22.6 Å². The number of nitrogens with one attached hydrogen (secondary N) is 1. The average molecular weight is 416 g/mol. The maximum atomic E-state index is 6.43. The molecule has 3 aromatic rings. The van der Waals surface area contributed by atoms with Gasteiger partial charge in [0.25, 0.3) is 0 Å². The first kappa shape index (κ1) is 19.3. The molecule has 0 fully saturated rings. The molecule has 1 N–H and O–H groups in total. The number of hydrogen-bond donors (Lipinski definition) is 1. The van der Waals surface area contributed by atoms with Crippen molar-refractivity contribution >= 4 is 5.70 Å².